The summed E-state index contributed by atoms with van der Waals surface area (Å²) in [4.78, 5) is 32.5. The second kappa shape index (κ2) is 7.56. The van der Waals surface area contributed by atoms with E-state index >= 15 is 0 Å². The number of pyridine rings is 1. The van der Waals surface area contributed by atoms with Gasteiger partial charge in [-0.15, -0.1) is 0 Å². The molecule has 0 fully saturated rings. The highest BCUT2D eigenvalue weighted by molar-refractivity contribution is 6.12. The average molecular weight is 358 g/mol. The molecule has 0 amide bonds. The number of nitrogens with zero attached hydrogens (tertiary/aromatic N) is 3. The van der Waals surface area contributed by atoms with Gasteiger partial charge in [0.2, 0.25) is 0 Å². The third-order valence-electron chi connectivity index (χ3n) is 3.79. The Balaban J connectivity index is 2.14. The number of ether oxygens (including phenoxy) is 1. The van der Waals surface area contributed by atoms with Crippen molar-refractivity contribution in [2.45, 2.75) is 12.6 Å². The number of imidazole rings is 1. The maximum Gasteiger partial charge on any atom is 0.366 e. The van der Waals surface area contributed by atoms with E-state index in [2.05, 4.69) is 15.3 Å². The molecule has 1 aromatic carbocycles. The van der Waals surface area contributed by atoms with Crippen LogP contribution in [-0.2, 0) is 16.1 Å². The number of esters is 2. The van der Waals surface area contributed by atoms with Crippen molar-refractivity contribution in [2.75, 3.05) is 20.2 Å². The van der Waals surface area contributed by atoms with Crippen LogP contribution < -0.4 is 5.32 Å². The molecule has 3 rings (SSSR count). The van der Waals surface area contributed by atoms with Crippen LogP contribution in [0.15, 0.2) is 30.6 Å². The van der Waals surface area contributed by atoms with Crippen molar-refractivity contribution in [1.29, 1.82) is 0 Å². The summed E-state index contributed by atoms with van der Waals surface area (Å²) in [6.45, 7) is -0.427. The Kier molecular flexibility index (Phi) is 5.21. The number of aromatic nitrogens is 3. The van der Waals surface area contributed by atoms with Gasteiger partial charge in [0.05, 0.1) is 43.2 Å². The fourth-order valence-electron chi connectivity index (χ4n) is 2.68. The molecule has 2 heterocycles. The molecule has 1 atom stereocenters. The van der Waals surface area contributed by atoms with Crippen molar-refractivity contribution in [3.05, 3.63) is 36.3 Å². The molecule has 9 nitrogen and oxygen atoms in total. The summed E-state index contributed by atoms with van der Waals surface area (Å²) in [5.74, 6) is -1.62. The van der Waals surface area contributed by atoms with Crippen molar-refractivity contribution in [3.63, 3.8) is 0 Å². The molecule has 3 aromatic rings. The summed E-state index contributed by atoms with van der Waals surface area (Å²) in [5.41, 5.74) is 1.26. The lowest BCUT2D eigenvalue weighted by molar-refractivity contribution is -0.136. The number of carbonyl (C=O) groups is 2. The molecule has 3 N–H and O–H groups in total. The van der Waals surface area contributed by atoms with Crippen LogP contribution in [0, 0.1) is 0 Å². The normalized spacial score (nSPS) is 12.4. The maximum atomic E-state index is 12.4. The minimum atomic E-state index is -0.980. The van der Waals surface area contributed by atoms with Gasteiger partial charge in [-0.3, -0.25) is 4.79 Å². The number of rotatable bonds is 6. The van der Waals surface area contributed by atoms with Gasteiger partial charge in [0, 0.05) is 5.39 Å². The SMILES string of the molecule is CNCC(=O)OC(=O)c1nc2ccccc2c2c1ncn2CC(O)CO. The van der Waals surface area contributed by atoms with Gasteiger partial charge in [-0.2, -0.15) is 0 Å². The Hall–Kier alpha value is -2.88. The highest BCUT2D eigenvalue weighted by Gasteiger charge is 2.22. The van der Waals surface area contributed by atoms with Crippen molar-refractivity contribution in [2.24, 2.45) is 0 Å². The van der Waals surface area contributed by atoms with E-state index in [0.717, 1.165) is 5.39 Å². The molecule has 0 spiro atoms. The van der Waals surface area contributed by atoms with E-state index in [1.54, 1.807) is 23.7 Å². The largest absolute Gasteiger partial charge is 0.394 e. The third kappa shape index (κ3) is 3.40. The number of hydrogen-bond acceptors (Lipinski definition) is 8. The molecule has 0 saturated heterocycles. The molecule has 26 heavy (non-hydrogen) atoms. The summed E-state index contributed by atoms with van der Waals surface area (Å²) in [6.07, 6.45) is 0.469. The Morgan fingerprint density at radius 1 is 1.35 bits per heavy atom. The number of fused-ring (bicyclic) bond motifs is 3. The molecule has 2 aromatic heterocycles. The Morgan fingerprint density at radius 3 is 2.85 bits per heavy atom. The van der Waals surface area contributed by atoms with E-state index in [9.17, 15) is 14.7 Å². The predicted octanol–water partition coefficient (Wildman–Crippen LogP) is -0.160. The molecule has 9 heteroatoms. The second-order valence-corrected chi connectivity index (χ2v) is 5.70. The van der Waals surface area contributed by atoms with Crippen molar-refractivity contribution in [3.8, 4) is 0 Å². The summed E-state index contributed by atoms with van der Waals surface area (Å²) in [7, 11) is 1.56. The van der Waals surface area contributed by atoms with Gasteiger partial charge < -0.3 is 24.8 Å². The number of aliphatic hydroxyl groups is 2. The Labute approximate surface area is 148 Å². The van der Waals surface area contributed by atoms with Gasteiger partial charge in [-0.25, -0.2) is 14.8 Å². The fourth-order valence-corrected chi connectivity index (χ4v) is 2.68. The maximum absolute atomic E-state index is 12.4. The molecule has 0 radical (unpaired) electrons. The summed E-state index contributed by atoms with van der Waals surface area (Å²) < 4.78 is 6.44. The van der Waals surface area contributed by atoms with Crippen LogP contribution in [0.2, 0.25) is 0 Å². The monoisotopic (exact) mass is 358 g/mol. The zero-order valence-corrected chi connectivity index (χ0v) is 14.0. The van der Waals surface area contributed by atoms with Crippen molar-refractivity contribution < 1.29 is 24.5 Å². The summed E-state index contributed by atoms with van der Waals surface area (Å²) in [5, 5.41) is 22.2. The van der Waals surface area contributed by atoms with E-state index < -0.39 is 24.6 Å². The van der Waals surface area contributed by atoms with Crippen LogP contribution in [0.25, 0.3) is 21.9 Å². The van der Waals surface area contributed by atoms with Crippen LogP contribution in [0.3, 0.4) is 0 Å². The Bertz CT molecular complexity index is 968. The third-order valence-corrected chi connectivity index (χ3v) is 3.79. The number of hydrogen-bond donors (Lipinski definition) is 3. The molecular formula is C17H18N4O5. The second-order valence-electron chi connectivity index (χ2n) is 5.70. The number of benzene rings is 1. The predicted molar refractivity (Wildman–Crippen MR) is 92.5 cm³/mol. The van der Waals surface area contributed by atoms with Crippen LogP contribution in [0.5, 0.6) is 0 Å². The lowest BCUT2D eigenvalue weighted by Crippen LogP contribution is -2.24. The standard InChI is InChI=1S/C17H18N4O5/c1-18-6-13(24)26-17(25)15-14-16(11-4-2-3-5-12(11)20-15)21(9-19-14)7-10(23)8-22/h2-5,9-10,18,22-23H,6-8H2,1H3. The van der Waals surface area contributed by atoms with Crippen molar-refractivity contribution >= 4 is 33.9 Å². The Morgan fingerprint density at radius 2 is 2.12 bits per heavy atom. The van der Waals surface area contributed by atoms with E-state index in [1.807, 2.05) is 12.1 Å². The minimum absolute atomic E-state index is 0.0830. The fraction of sp³-hybridized carbons (Fsp3) is 0.294. The first kappa shape index (κ1) is 17.9. The first-order valence-corrected chi connectivity index (χ1v) is 7.97. The van der Waals surface area contributed by atoms with Gasteiger partial charge in [0.25, 0.3) is 0 Å². The number of nitrogens with one attached hydrogen (secondary N) is 1. The highest BCUT2D eigenvalue weighted by atomic mass is 16.6. The molecule has 1 unspecified atom stereocenters. The molecule has 136 valence electrons. The number of aliphatic hydroxyl groups excluding tert-OH is 2. The van der Waals surface area contributed by atoms with Crippen molar-refractivity contribution in [1.82, 2.24) is 19.9 Å². The molecule has 0 aliphatic carbocycles. The molecular weight excluding hydrogens is 340 g/mol. The lowest BCUT2D eigenvalue weighted by Gasteiger charge is -2.11. The van der Waals surface area contributed by atoms with Gasteiger partial charge in [0.1, 0.15) is 5.52 Å². The highest BCUT2D eigenvalue weighted by Crippen LogP contribution is 2.26. The van der Waals surface area contributed by atoms with E-state index in [1.165, 1.54) is 6.33 Å². The summed E-state index contributed by atoms with van der Waals surface area (Å²) in [6, 6.07) is 7.12. The van der Waals surface area contributed by atoms with Crippen LogP contribution >= 0.6 is 0 Å². The van der Waals surface area contributed by atoms with Gasteiger partial charge in [-0.1, -0.05) is 18.2 Å². The number of para-hydroxylation sites is 1. The first-order chi connectivity index (χ1) is 12.5. The summed E-state index contributed by atoms with van der Waals surface area (Å²) >= 11 is 0. The smallest absolute Gasteiger partial charge is 0.366 e. The van der Waals surface area contributed by atoms with Gasteiger partial charge in [-0.05, 0) is 13.1 Å². The van der Waals surface area contributed by atoms with Crippen LogP contribution in [0.1, 0.15) is 10.5 Å². The molecule has 0 aliphatic rings. The van der Waals surface area contributed by atoms with E-state index in [4.69, 9.17) is 9.84 Å². The van der Waals surface area contributed by atoms with Crippen LogP contribution in [0.4, 0.5) is 0 Å². The van der Waals surface area contributed by atoms with Gasteiger partial charge in [0.15, 0.2) is 5.69 Å². The lowest BCUT2D eigenvalue weighted by atomic mass is 10.1. The average Bonchev–Trinajstić information content (AvgIpc) is 3.05. The zero-order valence-electron chi connectivity index (χ0n) is 14.0. The molecule has 0 aliphatic heterocycles. The first-order valence-electron chi connectivity index (χ1n) is 7.97. The quantitative estimate of drug-likeness (QED) is 0.410. The minimum Gasteiger partial charge on any atom is -0.394 e. The molecule has 0 saturated carbocycles. The van der Waals surface area contributed by atoms with Crippen LogP contribution in [-0.4, -0.2) is 63.0 Å². The number of carbonyl (C=O) groups excluding carboxylic acids is 2. The van der Waals surface area contributed by atoms with E-state index in [0.29, 0.717) is 11.0 Å². The van der Waals surface area contributed by atoms with Gasteiger partial charge >= 0.3 is 11.9 Å². The molecule has 0 bridgehead atoms. The zero-order chi connectivity index (χ0) is 18.7. The topological polar surface area (TPSA) is 127 Å². The van der Waals surface area contributed by atoms with E-state index in [-0.39, 0.29) is 24.3 Å². The number of likely N-dealkylation sites (N-methyl/N-ethyl adjacent to an activating group) is 1.